The van der Waals surface area contributed by atoms with Crippen molar-refractivity contribution < 1.29 is 9.59 Å². The molecular weight excluding hydrogens is 452 g/mol. The van der Waals surface area contributed by atoms with Gasteiger partial charge in [0.15, 0.2) is 0 Å². The Morgan fingerprint density at radius 2 is 1.79 bits per heavy atom. The maximum atomic E-state index is 13.5. The molecule has 1 aliphatic rings. The number of carbonyl (C=O) groups excluding carboxylic acids is 2. The van der Waals surface area contributed by atoms with Crippen LogP contribution in [0.5, 0.6) is 0 Å². The van der Waals surface area contributed by atoms with Crippen LogP contribution in [-0.4, -0.2) is 11.8 Å². The summed E-state index contributed by atoms with van der Waals surface area (Å²) in [6, 6.07) is 14.5. The number of anilines is 2. The minimum absolute atomic E-state index is 0.183. The zero-order valence-corrected chi connectivity index (χ0v) is 21.0. The summed E-state index contributed by atoms with van der Waals surface area (Å²) in [6.07, 6.45) is 2.78. The predicted octanol–water partition coefficient (Wildman–Crippen LogP) is 7.37. The smallest absolute Gasteiger partial charge is 0.258 e. The fraction of sp³-hybridized carbons (Fsp3) is 0.333. The number of nitrogens with one attached hydrogen (secondary N) is 2. The molecule has 0 saturated heterocycles. The molecule has 0 bridgehead atoms. The number of fused-ring (bicyclic) bond motifs is 1. The van der Waals surface area contributed by atoms with Crippen molar-refractivity contribution in [2.45, 2.75) is 47.0 Å². The molecular formula is C27H29ClN2O2S. The third-order valence-electron chi connectivity index (χ3n) is 6.42. The number of thiophene rings is 1. The van der Waals surface area contributed by atoms with Gasteiger partial charge in [0, 0.05) is 21.2 Å². The van der Waals surface area contributed by atoms with Gasteiger partial charge < -0.3 is 10.6 Å². The summed E-state index contributed by atoms with van der Waals surface area (Å²) in [5.74, 6) is 0.0817. The second kappa shape index (κ2) is 9.32. The largest absolute Gasteiger partial charge is 0.322 e. The lowest BCUT2D eigenvalue weighted by Gasteiger charge is -2.33. The average molecular weight is 481 g/mol. The molecule has 1 atom stereocenters. The summed E-state index contributed by atoms with van der Waals surface area (Å²) in [5.41, 5.74) is 4.07. The molecule has 1 aromatic heterocycles. The number of halogens is 1. The van der Waals surface area contributed by atoms with Gasteiger partial charge in [0.1, 0.15) is 5.00 Å². The van der Waals surface area contributed by atoms with Crippen molar-refractivity contribution in [2.75, 3.05) is 10.6 Å². The first kappa shape index (κ1) is 23.5. The predicted molar refractivity (Wildman–Crippen MR) is 138 cm³/mol. The lowest BCUT2D eigenvalue weighted by molar-refractivity contribution is 0.102. The molecule has 4 nitrogen and oxygen atoms in total. The number of carbonyl (C=O) groups is 2. The summed E-state index contributed by atoms with van der Waals surface area (Å²) in [7, 11) is 0. The Kier molecular flexibility index (Phi) is 6.64. The lowest BCUT2D eigenvalue weighted by Crippen LogP contribution is -2.27. The molecule has 1 unspecified atom stereocenters. The summed E-state index contributed by atoms with van der Waals surface area (Å²) < 4.78 is 0. The molecule has 1 aliphatic carbocycles. The monoisotopic (exact) mass is 480 g/mol. The molecule has 172 valence electrons. The van der Waals surface area contributed by atoms with E-state index in [2.05, 4.69) is 31.4 Å². The quantitative estimate of drug-likeness (QED) is 0.409. The maximum absolute atomic E-state index is 13.5. The van der Waals surface area contributed by atoms with Gasteiger partial charge >= 0.3 is 0 Å². The summed E-state index contributed by atoms with van der Waals surface area (Å²) in [6.45, 7) is 8.77. The van der Waals surface area contributed by atoms with Gasteiger partial charge in [-0.3, -0.25) is 9.59 Å². The van der Waals surface area contributed by atoms with Gasteiger partial charge in [0.2, 0.25) is 0 Å². The maximum Gasteiger partial charge on any atom is 0.258 e. The van der Waals surface area contributed by atoms with Crippen LogP contribution in [0.1, 0.15) is 63.9 Å². The number of benzene rings is 2. The van der Waals surface area contributed by atoms with E-state index in [0.717, 1.165) is 36.1 Å². The lowest BCUT2D eigenvalue weighted by atomic mass is 9.72. The molecule has 3 aromatic rings. The van der Waals surface area contributed by atoms with E-state index in [1.165, 1.54) is 16.2 Å². The highest BCUT2D eigenvalue weighted by molar-refractivity contribution is 7.17. The highest BCUT2D eigenvalue weighted by atomic mass is 35.5. The molecule has 6 heteroatoms. The molecule has 0 fully saturated rings. The Bertz CT molecular complexity index is 1210. The molecule has 2 aromatic carbocycles. The number of hydrogen-bond donors (Lipinski definition) is 2. The van der Waals surface area contributed by atoms with E-state index < -0.39 is 0 Å². The highest BCUT2D eigenvalue weighted by Crippen LogP contribution is 2.44. The third-order valence-corrected chi connectivity index (χ3v) is 7.83. The number of hydrogen-bond acceptors (Lipinski definition) is 3. The first-order chi connectivity index (χ1) is 15.6. The fourth-order valence-corrected chi connectivity index (χ4v) is 5.87. The second-order valence-corrected chi connectivity index (χ2v) is 11.3. The summed E-state index contributed by atoms with van der Waals surface area (Å²) >= 11 is 7.60. The molecule has 1 heterocycles. The zero-order valence-electron chi connectivity index (χ0n) is 19.4. The fourth-order valence-electron chi connectivity index (χ4n) is 4.36. The van der Waals surface area contributed by atoms with Gasteiger partial charge in [-0.2, -0.15) is 0 Å². The van der Waals surface area contributed by atoms with Crippen molar-refractivity contribution in [3.05, 3.63) is 80.7 Å². The van der Waals surface area contributed by atoms with E-state index in [4.69, 9.17) is 11.6 Å². The first-order valence-electron chi connectivity index (χ1n) is 11.2. The molecule has 0 spiro atoms. The Hall–Kier alpha value is -2.63. The van der Waals surface area contributed by atoms with Gasteiger partial charge in [0.25, 0.3) is 11.8 Å². The van der Waals surface area contributed by atoms with Crippen molar-refractivity contribution >= 4 is 45.4 Å². The number of para-hydroxylation sites is 1. The van der Waals surface area contributed by atoms with Crippen molar-refractivity contribution in [3.8, 4) is 0 Å². The molecule has 0 aliphatic heterocycles. The van der Waals surface area contributed by atoms with E-state index in [0.29, 0.717) is 27.1 Å². The van der Waals surface area contributed by atoms with Crippen LogP contribution in [0.25, 0.3) is 0 Å². The average Bonchev–Trinajstić information content (AvgIpc) is 3.11. The molecule has 33 heavy (non-hydrogen) atoms. The van der Waals surface area contributed by atoms with Crippen LogP contribution in [-0.2, 0) is 12.8 Å². The van der Waals surface area contributed by atoms with Gasteiger partial charge in [-0.05, 0) is 72.9 Å². The number of amides is 2. The van der Waals surface area contributed by atoms with Gasteiger partial charge in [-0.25, -0.2) is 0 Å². The Labute approximate surface area is 204 Å². The standard InChI is InChI=1S/C27H29ClN2O2S/c1-16-8-5-6-11-21(16)29-25(32)23-20-13-12-18(27(2,3)4)15-22(20)33-26(23)30-24(31)17-9-7-10-19(28)14-17/h5-11,14,18H,12-13,15H2,1-4H3,(H,29,32)(H,30,31). The van der Waals surface area contributed by atoms with E-state index in [-0.39, 0.29) is 17.2 Å². The highest BCUT2D eigenvalue weighted by Gasteiger charge is 2.34. The van der Waals surface area contributed by atoms with E-state index in [1.807, 2.05) is 31.2 Å². The molecule has 2 N–H and O–H groups in total. The topological polar surface area (TPSA) is 58.2 Å². The molecule has 4 rings (SSSR count). The van der Waals surface area contributed by atoms with Crippen molar-refractivity contribution in [1.82, 2.24) is 0 Å². The minimum atomic E-state index is -0.270. The van der Waals surface area contributed by atoms with Crippen molar-refractivity contribution in [2.24, 2.45) is 11.3 Å². The van der Waals surface area contributed by atoms with Crippen molar-refractivity contribution in [3.63, 3.8) is 0 Å². The third kappa shape index (κ3) is 5.15. The van der Waals surface area contributed by atoms with Crippen LogP contribution in [0, 0.1) is 18.3 Å². The van der Waals surface area contributed by atoms with E-state index >= 15 is 0 Å². The van der Waals surface area contributed by atoms with Crippen LogP contribution in [0.2, 0.25) is 5.02 Å². The SMILES string of the molecule is Cc1ccccc1NC(=O)c1c(NC(=O)c2cccc(Cl)c2)sc2c1CCC(C(C)(C)C)C2. The van der Waals surface area contributed by atoms with E-state index in [9.17, 15) is 9.59 Å². The van der Waals surface area contributed by atoms with Crippen LogP contribution < -0.4 is 10.6 Å². The molecule has 2 amide bonds. The Morgan fingerprint density at radius 1 is 1.03 bits per heavy atom. The van der Waals surface area contributed by atoms with Gasteiger partial charge in [-0.15, -0.1) is 11.3 Å². The molecule has 0 radical (unpaired) electrons. The second-order valence-electron chi connectivity index (χ2n) is 9.75. The number of rotatable bonds is 4. The van der Waals surface area contributed by atoms with Crippen LogP contribution in [0.3, 0.4) is 0 Å². The van der Waals surface area contributed by atoms with E-state index in [1.54, 1.807) is 24.3 Å². The summed E-state index contributed by atoms with van der Waals surface area (Å²) in [5, 5.41) is 7.17. The Morgan fingerprint density at radius 3 is 2.48 bits per heavy atom. The number of aryl methyl sites for hydroxylation is 1. The molecule has 0 saturated carbocycles. The van der Waals surface area contributed by atoms with Crippen LogP contribution in [0.15, 0.2) is 48.5 Å². The minimum Gasteiger partial charge on any atom is -0.322 e. The zero-order chi connectivity index (χ0) is 23.8. The first-order valence-corrected chi connectivity index (χ1v) is 12.4. The van der Waals surface area contributed by atoms with Crippen molar-refractivity contribution in [1.29, 1.82) is 0 Å². The van der Waals surface area contributed by atoms with Gasteiger partial charge in [0.05, 0.1) is 5.56 Å². The van der Waals surface area contributed by atoms with Crippen LogP contribution >= 0.6 is 22.9 Å². The Balaban J connectivity index is 1.70. The summed E-state index contributed by atoms with van der Waals surface area (Å²) in [4.78, 5) is 27.7. The normalized spacial score (nSPS) is 15.6. The van der Waals surface area contributed by atoms with Gasteiger partial charge in [-0.1, -0.05) is 56.6 Å². The van der Waals surface area contributed by atoms with Crippen LogP contribution in [0.4, 0.5) is 10.7 Å².